The van der Waals surface area contributed by atoms with Crippen molar-refractivity contribution in [2.45, 2.75) is 44.9 Å². The van der Waals surface area contributed by atoms with Gasteiger partial charge in [-0.05, 0) is 27.2 Å². The molecule has 0 aromatic rings. The predicted octanol–water partition coefficient (Wildman–Crippen LogP) is 2.00. The smallest absolute Gasteiger partial charge is 0.136 e. The van der Waals surface area contributed by atoms with E-state index in [4.69, 9.17) is 0 Å². The zero-order chi connectivity index (χ0) is 9.78. The fraction of sp³-hybridized carbons (Fsp3) is 0.778. The van der Waals surface area contributed by atoms with Gasteiger partial charge >= 0.3 is 0 Å². The second-order valence-corrected chi connectivity index (χ2v) is 5.75. The van der Waals surface area contributed by atoms with Crippen molar-refractivity contribution in [2.24, 2.45) is 0 Å². The normalized spacial score (nSPS) is 17.1. The molecule has 0 aliphatic carbocycles. The highest BCUT2D eigenvalue weighted by atomic mass is 32.2. The number of hydrogen-bond acceptors (Lipinski definition) is 2. The monoisotopic (exact) mass is 189 g/mol. The lowest BCUT2D eigenvalue weighted by atomic mass is 10.2. The lowest BCUT2D eigenvalue weighted by Crippen LogP contribution is -2.43. The Bertz CT molecular complexity index is 142. The van der Waals surface area contributed by atoms with Gasteiger partial charge in [0.25, 0.3) is 0 Å². The van der Waals surface area contributed by atoms with E-state index in [0.29, 0.717) is 0 Å². The van der Waals surface area contributed by atoms with Gasteiger partial charge in [-0.1, -0.05) is 13.0 Å². The zero-order valence-corrected chi connectivity index (χ0v) is 9.20. The third-order valence-corrected chi connectivity index (χ3v) is 3.17. The maximum atomic E-state index is 11.5. The summed E-state index contributed by atoms with van der Waals surface area (Å²) in [6.07, 6.45) is 2.72. The molecule has 0 saturated heterocycles. The maximum absolute atomic E-state index is 11.5. The van der Waals surface area contributed by atoms with Crippen LogP contribution in [0.15, 0.2) is 12.7 Å². The fourth-order valence-electron chi connectivity index (χ4n) is 0.612. The molecule has 0 aromatic heterocycles. The summed E-state index contributed by atoms with van der Waals surface area (Å²) < 4.78 is 14.4. The molecular formula is C9H19NOS. The Morgan fingerprint density at radius 1 is 1.58 bits per heavy atom. The van der Waals surface area contributed by atoms with E-state index in [1.807, 2.05) is 27.7 Å². The summed E-state index contributed by atoms with van der Waals surface area (Å²) >= 11 is -0.988. The van der Waals surface area contributed by atoms with Crippen LogP contribution < -0.4 is 4.72 Å². The van der Waals surface area contributed by atoms with Crippen LogP contribution in [-0.4, -0.2) is 15.3 Å². The number of hydrogen-bond donors (Lipinski definition) is 1. The average molecular weight is 189 g/mol. The average Bonchev–Trinajstić information content (AvgIpc) is 1.97. The SMILES string of the molecule is C=CC(CC)N[S+]([O-])C(C)(C)C. The molecule has 2 atom stereocenters. The summed E-state index contributed by atoms with van der Waals surface area (Å²) in [6, 6.07) is 0.157. The third-order valence-electron chi connectivity index (χ3n) is 1.54. The molecule has 0 aliphatic heterocycles. The second-order valence-electron chi connectivity index (χ2n) is 3.75. The maximum Gasteiger partial charge on any atom is 0.136 e. The Kier molecular flexibility index (Phi) is 4.90. The molecule has 0 fully saturated rings. The standard InChI is InChI=1S/C9H19NOS/c1-6-8(7-2)10-12(11)9(3,4)5/h6,8,10H,1,7H2,2-5H3. The van der Waals surface area contributed by atoms with Crippen molar-refractivity contribution in [1.29, 1.82) is 0 Å². The summed E-state index contributed by atoms with van der Waals surface area (Å²) in [4.78, 5) is 0. The molecule has 0 radical (unpaired) electrons. The highest BCUT2D eigenvalue weighted by molar-refractivity contribution is 7.90. The molecule has 12 heavy (non-hydrogen) atoms. The third kappa shape index (κ3) is 4.14. The summed E-state index contributed by atoms with van der Waals surface area (Å²) in [5.41, 5.74) is 0. The van der Waals surface area contributed by atoms with E-state index in [2.05, 4.69) is 11.3 Å². The number of nitrogens with one attached hydrogen (secondary N) is 1. The van der Waals surface area contributed by atoms with E-state index in [1.54, 1.807) is 6.08 Å². The first-order valence-electron chi connectivity index (χ1n) is 4.22. The van der Waals surface area contributed by atoms with Crippen LogP contribution >= 0.6 is 0 Å². The van der Waals surface area contributed by atoms with Crippen LogP contribution in [-0.2, 0) is 11.4 Å². The first kappa shape index (κ1) is 12.0. The van der Waals surface area contributed by atoms with Crippen LogP contribution in [0, 0.1) is 0 Å². The van der Waals surface area contributed by atoms with Gasteiger partial charge in [-0.3, -0.25) is 0 Å². The molecule has 2 nitrogen and oxygen atoms in total. The Labute approximate surface area is 78.7 Å². The first-order valence-corrected chi connectivity index (χ1v) is 5.37. The quantitative estimate of drug-likeness (QED) is 0.542. The van der Waals surface area contributed by atoms with E-state index >= 15 is 0 Å². The zero-order valence-electron chi connectivity index (χ0n) is 8.39. The summed E-state index contributed by atoms with van der Waals surface area (Å²) in [6.45, 7) is 11.6. The van der Waals surface area contributed by atoms with Crippen LogP contribution in [0.25, 0.3) is 0 Å². The Hall–Kier alpha value is 0.01000. The molecule has 0 saturated carbocycles. The predicted molar refractivity (Wildman–Crippen MR) is 55.3 cm³/mol. The molecule has 0 bridgehead atoms. The molecule has 1 N–H and O–H groups in total. The van der Waals surface area contributed by atoms with E-state index < -0.39 is 11.4 Å². The summed E-state index contributed by atoms with van der Waals surface area (Å²) in [5, 5.41) is 0. The van der Waals surface area contributed by atoms with Gasteiger partial charge in [0.05, 0.1) is 6.04 Å². The minimum absolute atomic E-state index is 0.157. The Morgan fingerprint density at radius 3 is 2.33 bits per heavy atom. The van der Waals surface area contributed by atoms with E-state index in [-0.39, 0.29) is 10.8 Å². The molecule has 3 heteroatoms. The molecule has 0 rings (SSSR count). The second kappa shape index (κ2) is 4.90. The van der Waals surface area contributed by atoms with E-state index in [1.165, 1.54) is 0 Å². The van der Waals surface area contributed by atoms with Crippen molar-refractivity contribution >= 4 is 11.4 Å². The van der Waals surface area contributed by atoms with Crippen LogP contribution in [0.1, 0.15) is 34.1 Å². The van der Waals surface area contributed by atoms with Gasteiger partial charge in [-0.25, -0.2) is 0 Å². The summed E-state index contributed by atoms with van der Waals surface area (Å²) in [7, 11) is 0. The molecule has 0 amide bonds. The first-order chi connectivity index (χ1) is 5.41. The molecule has 0 aromatic carbocycles. The highest BCUT2D eigenvalue weighted by Gasteiger charge is 2.27. The molecule has 0 aliphatic rings. The Morgan fingerprint density at radius 2 is 2.08 bits per heavy atom. The van der Waals surface area contributed by atoms with Gasteiger partial charge in [-0.15, -0.1) is 11.3 Å². The molecule has 2 unspecified atom stereocenters. The lowest BCUT2D eigenvalue weighted by molar-refractivity contribution is 0.532. The van der Waals surface area contributed by atoms with E-state index in [9.17, 15) is 4.55 Å². The molecule has 0 spiro atoms. The van der Waals surface area contributed by atoms with Crippen molar-refractivity contribution in [3.8, 4) is 0 Å². The molecular weight excluding hydrogens is 170 g/mol. The van der Waals surface area contributed by atoms with Gasteiger partial charge in [-0.2, -0.15) is 0 Å². The molecule has 0 heterocycles. The largest absolute Gasteiger partial charge is 0.598 e. The van der Waals surface area contributed by atoms with Crippen LogP contribution in [0.3, 0.4) is 0 Å². The fourth-order valence-corrected chi connectivity index (χ4v) is 1.50. The van der Waals surface area contributed by atoms with Gasteiger partial charge in [0.2, 0.25) is 0 Å². The van der Waals surface area contributed by atoms with Crippen LogP contribution in [0.2, 0.25) is 0 Å². The van der Waals surface area contributed by atoms with E-state index in [0.717, 1.165) is 6.42 Å². The Balaban J connectivity index is 3.98. The molecule has 72 valence electrons. The van der Waals surface area contributed by atoms with Gasteiger partial charge in [0.1, 0.15) is 4.75 Å². The van der Waals surface area contributed by atoms with Crippen LogP contribution in [0.4, 0.5) is 0 Å². The van der Waals surface area contributed by atoms with Gasteiger partial charge in [0.15, 0.2) is 0 Å². The minimum Gasteiger partial charge on any atom is -0.598 e. The van der Waals surface area contributed by atoms with Gasteiger partial charge < -0.3 is 4.55 Å². The van der Waals surface area contributed by atoms with Crippen molar-refractivity contribution < 1.29 is 4.55 Å². The topological polar surface area (TPSA) is 35.1 Å². The van der Waals surface area contributed by atoms with Crippen LogP contribution in [0.5, 0.6) is 0 Å². The van der Waals surface area contributed by atoms with Crippen molar-refractivity contribution in [1.82, 2.24) is 4.72 Å². The van der Waals surface area contributed by atoms with Crippen molar-refractivity contribution in [3.63, 3.8) is 0 Å². The lowest BCUT2D eigenvalue weighted by Gasteiger charge is -2.26. The van der Waals surface area contributed by atoms with Crippen molar-refractivity contribution in [3.05, 3.63) is 12.7 Å². The number of rotatable bonds is 4. The minimum atomic E-state index is -0.988. The van der Waals surface area contributed by atoms with Crippen molar-refractivity contribution in [2.75, 3.05) is 0 Å². The highest BCUT2D eigenvalue weighted by Crippen LogP contribution is 2.14. The van der Waals surface area contributed by atoms with Gasteiger partial charge in [0, 0.05) is 11.4 Å². The summed E-state index contributed by atoms with van der Waals surface area (Å²) in [5.74, 6) is 0.